The van der Waals surface area contributed by atoms with Gasteiger partial charge in [0.2, 0.25) is 15.9 Å². The predicted molar refractivity (Wildman–Crippen MR) is 97.8 cm³/mol. The zero-order valence-corrected chi connectivity index (χ0v) is 14.9. The van der Waals surface area contributed by atoms with Crippen molar-refractivity contribution in [2.45, 2.75) is 13.3 Å². The quantitative estimate of drug-likeness (QED) is 0.860. The van der Waals surface area contributed by atoms with E-state index in [9.17, 15) is 13.2 Å². The van der Waals surface area contributed by atoms with Crippen LogP contribution in [0.25, 0.3) is 0 Å². The fraction of sp³-hybridized carbons (Fsp3) is 0.222. The Bertz CT molecular complexity index is 917. The Kier molecular flexibility index (Phi) is 5.78. The van der Waals surface area contributed by atoms with Crippen LogP contribution < -0.4 is 9.62 Å². The van der Waals surface area contributed by atoms with E-state index in [1.54, 1.807) is 24.3 Å². The summed E-state index contributed by atoms with van der Waals surface area (Å²) in [6, 6.07) is 15.6. The van der Waals surface area contributed by atoms with Gasteiger partial charge in [0.05, 0.1) is 23.6 Å². The normalized spacial score (nSPS) is 10.8. The van der Waals surface area contributed by atoms with Gasteiger partial charge in [0, 0.05) is 18.7 Å². The molecule has 0 radical (unpaired) electrons. The Labute approximate surface area is 147 Å². The highest BCUT2D eigenvalue weighted by Gasteiger charge is 2.19. The van der Waals surface area contributed by atoms with Crippen molar-refractivity contribution >= 4 is 27.3 Å². The van der Waals surface area contributed by atoms with Crippen molar-refractivity contribution in [1.82, 2.24) is 0 Å². The van der Waals surface area contributed by atoms with Crippen molar-refractivity contribution in [3.63, 3.8) is 0 Å². The first kappa shape index (κ1) is 18.5. The van der Waals surface area contributed by atoms with Crippen LogP contribution >= 0.6 is 0 Å². The van der Waals surface area contributed by atoms with Crippen molar-refractivity contribution in [3.8, 4) is 6.07 Å². The minimum absolute atomic E-state index is 0.00219. The molecule has 6 nitrogen and oxygen atoms in total. The molecule has 2 aromatic carbocycles. The summed E-state index contributed by atoms with van der Waals surface area (Å²) in [5.41, 5.74) is 2.41. The van der Waals surface area contributed by atoms with Crippen molar-refractivity contribution < 1.29 is 13.2 Å². The summed E-state index contributed by atoms with van der Waals surface area (Å²) in [5, 5.41) is 11.7. The third-order valence-electron chi connectivity index (χ3n) is 3.51. The summed E-state index contributed by atoms with van der Waals surface area (Å²) in [4.78, 5) is 12.1. The number of sulfonamides is 1. The molecule has 1 amide bonds. The number of amides is 1. The van der Waals surface area contributed by atoms with Crippen LogP contribution in [0.4, 0.5) is 11.4 Å². The fourth-order valence-electron chi connectivity index (χ4n) is 2.37. The molecule has 0 saturated carbocycles. The molecule has 1 N–H and O–H groups in total. The second kappa shape index (κ2) is 7.81. The lowest BCUT2D eigenvalue weighted by Crippen LogP contribution is -2.33. The molecular weight excluding hydrogens is 338 g/mol. The number of hydrogen-bond acceptors (Lipinski definition) is 4. The standard InChI is InChI=1S/C18H19N3O3S/c1-14-5-3-7-16(11-14)20-18(22)9-10-21(25(2,23)24)17-8-4-6-15(12-17)13-19/h3-8,11-12H,9-10H2,1-2H3,(H,20,22). The maximum atomic E-state index is 12.1. The Balaban J connectivity index is 2.10. The first-order chi connectivity index (χ1) is 11.8. The van der Waals surface area contributed by atoms with Gasteiger partial charge in [-0.3, -0.25) is 9.10 Å². The average molecular weight is 357 g/mol. The minimum Gasteiger partial charge on any atom is -0.326 e. The van der Waals surface area contributed by atoms with Gasteiger partial charge in [-0.25, -0.2) is 8.42 Å². The zero-order valence-electron chi connectivity index (χ0n) is 14.1. The molecule has 2 aromatic rings. The number of carbonyl (C=O) groups excluding carboxylic acids is 1. The summed E-state index contributed by atoms with van der Waals surface area (Å²) >= 11 is 0. The second-order valence-corrected chi connectivity index (χ2v) is 7.57. The molecule has 0 saturated heterocycles. The van der Waals surface area contributed by atoms with Gasteiger partial charge in [-0.15, -0.1) is 0 Å². The largest absolute Gasteiger partial charge is 0.326 e. The summed E-state index contributed by atoms with van der Waals surface area (Å²) in [7, 11) is -3.57. The number of anilines is 2. The molecule has 0 fully saturated rings. The maximum Gasteiger partial charge on any atom is 0.232 e. The van der Waals surface area contributed by atoms with Crippen LogP contribution in [-0.4, -0.2) is 27.1 Å². The number of benzene rings is 2. The first-order valence-corrected chi connectivity index (χ1v) is 9.49. The Morgan fingerprint density at radius 3 is 2.56 bits per heavy atom. The molecule has 0 atom stereocenters. The molecule has 0 spiro atoms. The number of nitrogens with one attached hydrogen (secondary N) is 1. The van der Waals surface area contributed by atoms with Crippen LogP contribution in [-0.2, 0) is 14.8 Å². The van der Waals surface area contributed by atoms with E-state index in [4.69, 9.17) is 5.26 Å². The van der Waals surface area contributed by atoms with Crippen LogP contribution in [0, 0.1) is 18.3 Å². The predicted octanol–water partition coefficient (Wildman–Crippen LogP) is 2.66. The van der Waals surface area contributed by atoms with E-state index in [1.807, 2.05) is 31.2 Å². The van der Waals surface area contributed by atoms with Gasteiger partial charge >= 0.3 is 0 Å². The van der Waals surface area contributed by atoms with E-state index in [1.165, 1.54) is 6.07 Å². The smallest absolute Gasteiger partial charge is 0.232 e. The summed E-state index contributed by atoms with van der Waals surface area (Å²) < 4.78 is 25.2. The number of hydrogen-bond donors (Lipinski definition) is 1. The minimum atomic E-state index is -3.57. The Hall–Kier alpha value is -2.85. The molecule has 0 aliphatic rings. The number of nitrogens with zero attached hydrogens (tertiary/aromatic N) is 2. The van der Waals surface area contributed by atoms with Crippen molar-refractivity contribution in [3.05, 3.63) is 59.7 Å². The summed E-state index contributed by atoms with van der Waals surface area (Å²) in [5.74, 6) is -0.282. The van der Waals surface area contributed by atoms with Crippen molar-refractivity contribution in [1.29, 1.82) is 5.26 Å². The molecular formula is C18H19N3O3S. The van der Waals surface area contributed by atoms with E-state index >= 15 is 0 Å². The van der Waals surface area contributed by atoms with Crippen LogP contribution in [0.3, 0.4) is 0 Å². The molecule has 2 rings (SSSR count). The summed E-state index contributed by atoms with van der Waals surface area (Å²) in [6.07, 6.45) is 1.07. The Morgan fingerprint density at radius 1 is 1.20 bits per heavy atom. The molecule has 0 aromatic heterocycles. The lowest BCUT2D eigenvalue weighted by molar-refractivity contribution is -0.116. The average Bonchev–Trinajstić information content (AvgIpc) is 2.54. The van der Waals surface area contributed by atoms with Gasteiger partial charge in [-0.05, 0) is 42.8 Å². The molecule has 0 bridgehead atoms. The van der Waals surface area contributed by atoms with Gasteiger partial charge in [0.1, 0.15) is 0 Å². The highest BCUT2D eigenvalue weighted by Crippen LogP contribution is 2.19. The third-order valence-corrected chi connectivity index (χ3v) is 4.70. The Morgan fingerprint density at radius 2 is 1.92 bits per heavy atom. The highest BCUT2D eigenvalue weighted by atomic mass is 32.2. The van der Waals surface area contributed by atoms with E-state index in [0.29, 0.717) is 16.9 Å². The molecule has 0 aliphatic heterocycles. The monoisotopic (exact) mass is 357 g/mol. The van der Waals surface area contributed by atoms with Crippen LogP contribution in [0.15, 0.2) is 48.5 Å². The highest BCUT2D eigenvalue weighted by molar-refractivity contribution is 7.92. The van der Waals surface area contributed by atoms with E-state index < -0.39 is 10.0 Å². The van der Waals surface area contributed by atoms with E-state index in [-0.39, 0.29) is 18.9 Å². The van der Waals surface area contributed by atoms with Crippen molar-refractivity contribution in [2.75, 3.05) is 22.4 Å². The lowest BCUT2D eigenvalue weighted by Gasteiger charge is -2.22. The van der Waals surface area contributed by atoms with Gasteiger partial charge < -0.3 is 5.32 Å². The SMILES string of the molecule is Cc1cccc(NC(=O)CCN(c2cccc(C#N)c2)S(C)(=O)=O)c1. The maximum absolute atomic E-state index is 12.1. The summed E-state index contributed by atoms with van der Waals surface area (Å²) in [6.45, 7) is 1.91. The molecule has 7 heteroatoms. The molecule has 0 heterocycles. The van der Waals surface area contributed by atoms with Crippen LogP contribution in [0.2, 0.25) is 0 Å². The van der Waals surface area contributed by atoms with Gasteiger partial charge in [-0.2, -0.15) is 5.26 Å². The van der Waals surface area contributed by atoms with Gasteiger partial charge in [0.25, 0.3) is 0 Å². The molecule has 0 aliphatic carbocycles. The molecule has 25 heavy (non-hydrogen) atoms. The number of aryl methyl sites for hydroxylation is 1. The zero-order chi connectivity index (χ0) is 18.4. The molecule has 130 valence electrons. The van der Waals surface area contributed by atoms with E-state index in [0.717, 1.165) is 16.1 Å². The number of carbonyl (C=O) groups is 1. The third kappa shape index (κ3) is 5.33. The van der Waals surface area contributed by atoms with Crippen molar-refractivity contribution in [2.24, 2.45) is 0 Å². The van der Waals surface area contributed by atoms with Gasteiger partial charge in [0.15, 0.2) is 0 Å². The van der Waals surface area contributed by atoms with E-state index in [2.05, 4.69) is 5.32 Å². The fourth-order valence-corrected chi connectivity index (χ4v) is 3.29. The van der Waals surface area contributed by atoms with Crippen LogP contribution in [0.1, 0.15) is 17.5 Å². The van der Waals surface area contributed by atoms with Gasteiger partial charge in [-0.1, -0.05) is 18.2 Å². The molecule has 0 unspecified atom stereocenters. The number of rotatable bonds is 6. The topological polar surface area (TPSA) is 90.3 Å². The lowest BCUT2D eigenvalue weighted by atomic mass is 10.2. The number of nitriles is 1. The second-order valence-electron chi connectivity index (χ2n) is 5.66. The van der Waals surface area contributed by atoms with Crippen LogP contribution in [0.5, 0.6) is 0 Å². The first-order valence-electron chi connectivity index (χ1n) is 7.64.